The molecular formula is C17H18Cl2N4S. The molecule has 0 saturated heterocycles. The molecule has 0 aliphatic carbocycles. The summed E-state index contributed by atoms with van der Waals surface area (Å²) in [6.45, 7) is 4.82. The molecule has 0 bridgehead atoms. The van der Waals surface area contributed by atoms with E-state index in [0.717, 1.165) is 46.2 Å². The number of imidazole rings is 1. The maximum atomic E-state index is 6.20. The van der Waals surface area contributed by atoms with E-state index in [2.05, 4.69) is 14.5 Å². The molecule has 0 radical (unpaired) electrons. The Balaban J connectivity index is 1.69. The summed E-state index contributed by atoms with van der Waals surface area (Å²) >= 11 is 13.9. The second-order valence-electron chi connectivity index (χ2n) is 5.60. The SMILES string of the molecule is Cc1cc2c(nc(C)n2CCCSc2ccc(Cl)cc2Cl)c(N)n1. The van der Waals surface area contributed by atoms with Crippen molar-refractivity contribution in [1.82, 2.24) is 14.5 Å². The molecule has 0 saturated carbocycles. The summed E-state index contributed by atoms with van der Waals surface area (Å²) in [5.41, 5.74) is 8.72. The molecule has 0 amide bonds. The highest BCUT2D eigenvalue weighted by molar-refractivity contribution is 7.99. The minimum atomic E-state index is 0.495. The first-order valence-electron chi connectivity index (χ1n) is 7.63. The molecule has 7 heteroatoms. The van der Waals surface area contributed by atoms with Crippen molar-refractivity contribution in [3.8, 4) is 0 Å². The van der Waals surface area contributed by atoms with E-state index in [-0.39, 0.29) is 0 Å². The largest absolute Gasteiger partial charge is 0.382 e. The molecule has 4 nitrogen and oxygen atoms in total. The average molecular weight is 381 g/mol. The molecule has 126 valence electrons. The van der Waals surface area contributed by atoms with Crippen molar-refractivity contribution in [3.63, 3.8) is 0 Å². The number of nitrogens with zero attached hydrogens (tertiary/aromatic N) is 3. The third kappa shape index (κ3) is 3.63. The fraction of sp³-hybridized carbons (Fsp3) is 0.294. The van der Waals surface area contributed by atoms with Crippen molar-refractivity contribution in [2.75, 3.05) is 11.5 Å². The second-order valence-corrected chi connectivity index (χ2v) is 7.58. The van der Waals surface area contributed by atoms with E-state index in [9.17, 15) is 0 Å². The minimum absolute atomic E-state index is 0.495. The van der Waals surface area contributed by atoms with Crippen LogP contribution in [0.15, 0.2) is 29.2 Å². The van der Waals surface area contributed by atoms with Crippen LogP contribution < -0.4 is 5.73 Å². The van der Waals surface area contributed by atoms with Crippen LogP contribution >= 0.6 is 35.0 Å². The molecule has 0 aliphatic heterocycles. The van der Waals surface area contributed by atoms with E-state index in [4.69, 9.17) is 28.9 Å². The Hall–Kier alpha value is -1.43. The molecule has 1 aromatic carbocycles. The summed E-state index contributed by atoms with van der Waals surface area (Å²) in [4.78, 5) is 9.88. The number of nitrogens with two attached hydrogens (primary N) is 1. The number of fused-ring (bicyclic) bond motifs is 1. The van der Waals surface area contributed by atoms with Gasteiger partial charge in [0.2, 0.25) is 0 Å². The first-order valence-corrected chi connectivity index (χ1v) is 9.37. The van der Waals surface area contributed by atoms with Crippen LogP contribution in [0, 0.1) is 13.8 Å². The van der Waals surface area contributed by atoms with Crippen LogP contribution in [0.4, 0.5) is 5.82 Å². The standard InChI is InChI=1S/C17H18Cl2N4S/c1-10-8-14-16(17(20)21-10)22-11(2)23(14)6-3-7-24-15-5-4-12(18)9-13(15)19/h4-5,8-9H,3,6-7H2,1-2H3,(H2,20,21). The lowest BCUT2D eigenvalue weighted by Crippen LogP contribution is -2.02. The van der Waals surface area contributed by atoms with Gasteiger partial charge in [-0.15, -0.1) is 11.8 Å². The van der Waals surface area contributed by atoms with E-state index in [1.807, 2.05) is 32.0 Å². The summed E-state index contributed by atoms with van der Waals surface area (Å²) in [6.07, 6.45) is 0.997. The molecule has 3 rings (SSSR count). The zero-order valence-electron chi connectivity index (χ0n) is 13.5. The Bertz CT molecular complexity index is 892. The number of rotatable bonds is 5. The lowest BCUT2D eigenvalue weighted by atomic mass is 10.3. The Morgan fingerprint density at radius 3 is 2.71 bits per heavy atom. The number of thioether (sulfide) groups is 1. The quantitative estimate of drug-likeness (QED) is 0.492. The Morgan fingerprint density at radius 1 is 1.17 bits per heavy atom. The van der Waals surface area contributed by atoms with Crippen LogP contribution in [-0.4, -0.2) is 20.3 Å². The maximum Gasteiger partial charge on any atom is 0.151 e. The Kier molecular flexibility index (Phi) is 5.23. The molecule has 0 fully saturated rings. The molecule has 24 heavy (non-hydrogen) atoms. The number of hydrogen-bond donors (Lipinski definition) is 1. The topological polar surface area (TPSA) is 56.7 Å². The summed E-state index contributed by atoms with van der Waals surface area (Å²) in [5, 5.41) is 1.36. The number of aromatic nitrogens is 3. The Labute approximate surface area is 155 Å². The highest BCUT2D eigenvalue weighted by Gasteiger charge is 2.11. The van der Waals surface area contributed by atoms with Crippen molar-refractivity contribution in [1.29, 1.82) is 0 Å². The smallest absolute Gasteiger partial charge is 0.151 e. The van der Waals surface area contributed by atoms with Crippen molar-refractivity contribution < 1.29 is 0 Å². The second kappa shape index (κ2) is 7.21. The lowest BCUT2D eigenvalue weighted by Gasteiger charge is -2.08. The van der Waals surface area contributed by atoms with Gasteiger partial charge in [-0.2, -0.15) is 0 Å². The molecular weight excluding hydrogens is 363 g/mol. The summed E-state index contributed by atoms with van der Waals surface area (Å²) in [7, 11) is 0. The average Bonchev–Trinajstić information content (AvgIpc) is 2.82. The molecule has 2 N–H and O–H groups in total. The monoisotopic (exact) mass is 380 g/mol. The van der Waals surface area contributed by atoms with E-state index in [1.54, 1.807) is 17.8 Å². The molecule has 2 aromatic heterocycles. The van der Waals surface area contributed by atoms with Crippen LogP contribution in [0.5, 0.6) is 0 Å². The number of pyridine rings is 1. The molecule has 0 aliphatic rings. The number of nitrogen functional groups attached to an aromatic ring is 1. The van der Waals surface area contributed by atoms with Crippen LogP contribution in [0.25, 0.3) is 11.0 Å². The van der Waals surface area contributed by atoms with Gasteiger partial charge in [-0.05, 0) is 50.3 Å². The van der Waals surface area contributed by atoms with E-state index in [0.29, 0.717) is 15.9 Å². The third-order valence-corrected chi connectivity index (χ3v) is 5.58. The number of anilines is 1. The first-order chi connectivity index (χ1) is 11.5. The van der Waals surface area contributed by atoms with Gasteiger partial charge in [0.15, 0.2) is 5.82 Å². The summed E-state index contributed by atoms with van der Waals surface area (Å²) in [6, 6.07) is 7.64. The van der Waals surface area contributed by atoms with Gasteiger partial charge in [0.05, 0.1) is 10.5 Å². The highest BCUT2D eigenvalue weighted by Crippen LogP contribution is 2.30. The zero-order chi connectivity index (χ0) is 17.3. The normalized spacial score (nSPS) is 11.3. The van der Waals surface area contributed by atoms with Gasteiger partial charge in [0, 0.05) is 22.2 Å². The zero-order valence-corrected chi connectivity index (χ0v) is 15.8. The fourth-order valence-corrected chi connectivity index (χ4v) is 4.10. The molecule has 2 heterocycles. The highest BCUT2D eigenvalue weighted by atomic mass is 35.5. The van der Waals surface area contributed by atoms with Gasteiger partial charge < -0.3 is 10.3 Å². The maximum absolute atomic E-state index is 6.20. The number of halogens is 2. The van der Waals surface area contributed by atoms with Gasteiger partial charge in [0.25, 0.3) is 0 Å². The van der Waals surface area contributed by atoms with Crippen LogP contribution in [0.2, 0.25) is 10.0 Å². The van der Waals surface area contributed by atoms with Gasteiger partial charge >= 0.3 is 0 Å². The van der Waals surface area contributed by atoms with Gasteiger partial charge in [0.1, 0.15) is 11.3 Å². The van der Waals surface area contributed by atoms with Crippen LogP contribution in [0.1, 0.15) is 17.9 Å². The van der Waals surface area contributed by atoms with Crippen molar-refractivity contribution in [2.24, 2.45) is 0 Å². The van der Waals surface area contributed by atoms with Crippen LogP contribution in [-0.2, 0) is 6.54 Å². The lowest BCUT2D eigenvalue weighted by molar-refractivity contribution is 0.680. The van der Waals surface area contributed by atoms with Crippen molar-refractivity contribution >= 4 is 51.8 Å². The number of aryl methyl sites for hydroxylation is 3. The molecule has 0 atom stereocenters. The molecule has 3 aromatic rings. The fourth-order valence-electron chi connectivity index (χ4n) is 2.67. The summed E-state index contributed by atoms with van der Waals surface area (Å²) in [5.74, 6) is 2.41. The van der Waals surface area contributed by atoms with Crippen molar-refractivity contribution in [2.45, 2.75) is 31.7 Å². The predicted molar refractivity (Wildman–Crippen MR) is 103 cm³/mol. The number of benzene rings is 1. The van der Waals surface area contributed by atoms with Gasteiger partial charge in [-0.3, -0.25) is 0 Å². The number of hydrogen-bond acceptors (Lipinski definition) is 4. The minimum Gasteiger partial charge on any atom is -0.382 e. The van der Waals surface area contributed by atoms with E-state index >= 15 is 0 Å². The third-order valence-electron chi connectivity index (χ3n) is 3.76. The van der Waals surface area contributed by atoms with Crippen LogP contribution in [0.3, 0.4) is 0 Å². The predicted octanol–water partition coefficient (Wildman–Crippen LogP) is 5.12. The molecule has 0 unspecified atom stereocenters. The van der Waals surface area contributed by atoms with E-state index in [1.165, 1.54) is 0 Å². The van der Waals surface area contributed by atoms with Gasteiger partial charge in [-0.25, -0.2) is 9.97 Å². The first kappa shape index (κ1) is 17.4. The van der Waals surface area contributed by atoms with E-state index < -0.39 is 0 Å². The Morgan fingerprint density at radius 2 is 1.96 bits per heavy atom. The summed E-state index contributed by atoms with van der Waals surface area (Å²) < 4.78 is 2.20. The molecule has 0 spiro atoms. The van der Waals surface area contributed by atoms with Gasteiger partial charge in [-0.1, -0.05) is 23.2 Å². The van der Waals surface area contributed by atoms with Crippen molar-refractivity contribution in [3.05, 3.63) is 45.8 Å².